The lowest BCUT2D eigenvalue weighted by molar-refractivity contribution is 0.283. The molecule has 1 unspecified atom stereocenters. The fraction of sp³-hybridized carbons (Fsp3) is 0.316. The summed E-state index contributed by atoms with van der Waals surface area (Å²) in [6.07, 6.45) is 0.668. The van der Waals surface area contributed by atoms with Crippen molar-refractivity contribution < 1.29 is 4.74 Å². The summed E-state index contributed by atoms with van der Waals surface area (Å²) in [6, 6.07) is 18.5. The maximum Gasteiger partial charge on any atom is 0.122 e. The lowest BCUT2D eigenvalue weighted by atomic mass is 9.81. The Bertz CT molecular complexity index is 642. The molecule has 0 saturated carbocycles. The van der Waals surface area contributed by atoms with Crippen LogP contribution in [0.25, 0.3) is 0 Å². The van der Waals surface area contributed by atoms with E-state index in [1.54, 1.807) is 0 Å². The van der Waals surface area contributed by atoms with Gasteiger partial charge in [0.25, 0.3) is 0 Å². The summed E-state index contributed by atoms with van der Waals surface area (Å²) in [5.74, 6) is 0.906. The molecule has 1 atom stereocenters. The second-order valence-corrected chi connectivity index (χ2v) is 5.68. The quantitative estimate of drug-likeness (QED) is 0.804. The molecule has 0 fully saturated rings. The highest BCUT2D eigenvalue weighted by Crippen LogP contribution is 2.27. The largest absolute Gasteiger partial charge is 0.493 e. The van der Waals surface area contributed by atoms with E-state index in [1.165, 1.54) is 5.56 Å². The van der Waals surface area contributed by atoms with Crippen LogP contribution in [0.2, 0.25) is 0 Å². The molecule has 2 rings (SSSR count). The van der Waals surface area contributed by atoms with Gasteiger partial charge in [0.15, 0.2) is 0 Å². The number of nitriles is 1. The van der Waals surface area contributed by atoms with Gasteiger partial charge in [-0.25, -0.2) is 0 Å². The summed E-state index contributed by atoms with van der Waals surface area (Å²) >= 11 is 0. The smallest absolute Gasteiger partial charge is 0.122 e. The summed E-state index contributed by atoms with van der Waals surface area (Å²) in [7, 11) is 0. The normalized spacial score (nSPS) is 13.2. The molecule has 2 aromatic carbocycles. The van der Waals surface area contributed by atoms with Crippen molar-refractivity contribution in [2.24, 2.45) is 0 Å². The predicted molar refractivity (Wildman–Crippen MR) is 85.4 cm³/mol. The third-order valence-corrected chi connectivity index (χ3v) is 3.86. The Morgan fingerprint density at radius 3 is 2.48 bits per heavy atom. The second-order valence-electron chi connectivity index (χ2n) is 5.68. The van der Waals surface area contributed by atoms with Crippen LogP contribution in [0.1, 0.15) is 30.0 Å². The Hall–Kier alpha value is -2.27. The van der Waals surface area contributed by atoms with Crippen molar-refractivity contribution >= 4 is 0 Å². The van der Waals surface area contributed by atoms with E-state index < -0.39 is 5.41 Å². The van der Waals surface area contributed by atoms with Gasteiger partial charge in [0.2, 0.25) is 0 Å². The lowest BCUT2D eigenvalue weighted by Gasteiger charge is -2.22. The SMILES string of the molecule is Cc1ccc(C)c(OCCC(C)(C#N)c2ccccc2)c1. The van der Waals surface area contributed by atoms with E-state index in [1.807, 2.05) is 50.2 Å². The summed E-state index contributed by atoms with van der Waals surface area (Å²) in [4.78, 5) is 0. The minimum Gasteiger partial charge on any atom is -0.493 e. The first-order valence-electron chi connectivity index (χ1n) is 7.22. The minimum atomic E-state index is -0.515. The predicted octanol–water partition coefficient (Wildman–Crippen LogP) is 4.55. The number of nitrogens with zero attached hydrogens (tertiary/aromatic N) is 1. The van der Waals surface area contributed by atoms with Gasteiger partial charge in [0.1, 0.15) is 5.75 Å². The van der Waals surface area contributed by atoms with Gasteiger partial charge in [-0.05, 0) is 43.5 Å². The van der Waals surface area contributed by atoms with Gasteiger partial charge in [0, 0.05) is 6.42 Å². The van der Waals surface area contributed by atoms with Crippen LogP contribution in [0, 0.1) is 25.2 Å². The fourth-order valence-electron chi connectivity index (χ4n) is 2.30. The van der Waals surface area contributed by atoms with Crippen molar-refractivity contribution in [1.29, 1.82) is 5.26 Å². The molecule has 2 nitrogen and oxygen atoms in total. The van der Waals surface area contributed by atoms with Gasteiger partial charge in [-0.3, -0.25) is 0 Å². The number of benzene rings is 2. The average Bonchev–Trinajstić information content (AvgIpc) is 2.51. The second kappa shape index (κ2) is 6.45. The Balaban J connectivity index is 2.05. The van der Waals surface area contributed by atoms with Gasteiger partial charge in [-0.15, -0.1) is 0 Å². The molecular formula is C19H21NO. The maximum absolute atomic E-state index is 9.53. The third kappa shape index (κ3) is 3.64. The van der Waals surface area contributed by atoms with Crippen LogP contribution in [0.15, 0.2) is 48.5 Å². The molecule has 2 aromatic rings. The molecule has 0 saturated heterocycles. The molecule has 0 aliphatic carbocycles. The van der Waals surface area contributed by atoms with Crippen molar-refractivity contribution in [3.05, 3.63) is 65.2 Å². The van der Waals surface area contributed by atoms with Crippen LogP contribution in [0.5, 0.6) is 5.75 Å². The highest BCUT2D eigenvalue weighted by atomic mass is 16.5. The molecule has 0 spiro atoms. The summed E-state index contributed by atoms with van der Waals surface area (Å²) in [5, 5.41) is 9.53. The molecule has 108 valence electrons. The molecule has 0 aromatic heterocycles. The average molecular weight is 279 g/mol. The van der Waals surface area contributed by atoms with Gasteiger partial charge in [-0.1, -0.05) is 42.5 Å². The maximum atomic E-state index is 9.53. The molecule has 0 heterocycles. The van der Waals surface area contributed by atoms with E-state index in [4.69, 9.17) is 4.74 Å². The van der Waals surface area contributed by atoms with E-state index in [9.17, 15) is 5.26 Å². The Kier molecular flexibility index (Phi) is 4.65. The first-order chi connectivity index (χ1) is 10.0. The molecule has 0 aliphatic heterocycles. The van der Waals surface area contributed by atoms with Crippen LogP contribution < -0.4 is 4.74 Å². The molecule has 0 radical (unpaired) electrons. The number of hydrogen-bond donors (Lipinski definition) is 0. The van der Waals surface area contributed by atoms with Crippen LogP contribution >= 0.6 is 0 Å². The Morgan fingerprint density at radius 2 is 1.81 bits per heavy atom. The first kappa shape index (κ1) is 15.1. The number of rotatable bonds is 5. The van der Waals surface area contributed by atoms with Crippen molar-refractivity contribution in [2.45, 2.75) is 32.6 Å². The number of ether oxygens (including phenoxy) is 1. The fourth-order valence-corrected chi connectivity index (χ4v) is 2.30. The molecule has 0 amide bonds. The first-order valence-corrected chi connectivity index (χ1v) is 7.22. The number of hydrogen-bond acceptors (Lipinski definition) is 2. The standard InChI is InChI=1S/C19H21NO/c1-15-9-10-16(2)18(13-15)21-12-11-19(3,14-20)17-7-5-4-6-8-17/h4-10,13H,11-12H2,1-3H3. The highest BCUT2D eigenvalue weighted by Gasteiger charge is 2.26. The molecular weight excluding hydrogens is 258 g/mol. The van der Waals surface area contributed by atoms with Gasteiger partial charge in [-0.2, -0.15) is 5.26 Å². The Labute approximate surface area is 127 Å². The van der Waals surface area contributed by atoms with E-state index in [0.717, 1.165) is 16.9 Å². The van der Waals surface area contributed by atoms with E-state index in [2.05, 4.69) is 25.1 Å². The summed E-state index contributed by atoms with van der Waals surface area (Å²) in [5.41, 5.74) is 2.83. The molecule has 0 aliphatic rings. The molecule has 0 N–H and O–H groups in total. The molecule has 0 bridgehead atoms. The van der Waals surface area contributed by atoms with Crippen molar-refractivity contribution in [3.63, 3.8) is 0 Å². The van der Waals surface area contributed by atoms with E-state index >= 15 is 0 Å². The molecule has 2 heteroatoms. The van der Waals surface area contributed by atoms with Crippen LogP contribution in [-0.2, 0) is 5.41 Å². The van der Waals surface area contributed by atoms with Crippen molar-refractivity contribution in [3.8, 4) is 11.8 Å². The monoisotopic (exact) mass is 279 g/mol. The van der Waals surface area contributed by atoms with Crippen LogP contribution in [0.4, 0.5) is 0 Å². The summed E-state index contributed by atoms with van der Waals surface area (Å²) < 4.78 is 5.89. The molecule has 21 heavy (non-hydrogen) atoms. The third-order valence-electron chi connectivity index (χ3n) is 3.86. The zero-order valence-corrected chi connectivity index (χ0v) is 12.9. The van der Waals surface area contributed by atoms with Gasteiger partial charge in [0.05, 0.1) is 18.1 Å². The van der Waals surface area contributed by atoms with Gasteiger partial charge >= 0.3 is 0 Å². The highest BCUT2D eigenvalue weighted by molar-refractivity contribution is 5.36. The van der Waals surface area contributed by atoms with E-state index in [-0.39, 0.29) is 0 Å². The lowest BCUT2D eigenvalue weighted by Crippen LogP contribution is -2.22. The minimum absolute atomic E-state index is 0.515. The van der Waals surface area contributed by atoms with Gasteiger partial charge < -0.3 is 4.74 Å². The van der Waals surface area contributed by atoms with Crippen LogP contribution in [0.3, 0.4) is 0 Å². The Morgan fingerprint density at radius 1 is 1.10 bits per heavy atom. The topological polar surface area (TPSA) is 33.0 Å². The zero-order valence-electron chi connectivity index (χ0n) is 12.9. The number of aryl methyl sites for hydroxylation is 2. The van der Waals surface area contributed by atoms with Crippen molar-refractivity contribution in [2.75, 3.05) is 6.61 Å². The van der Waals surface area contributed by atoms with E-state index in [0.29, 0.717) is 13.0 Å². The zero-order chi connectivity index (χ0) is 15.3. The summed E-state index contributed by atoms with van der Waals surface area (Å²) in [6.45, 7) is 6.59. The van der Waals surface area contributed by atoms with Crippen molar-refractivity contribution in [1.82, 2.24) is 0 Å². The van der Waals surface area contributed by atoms with Crippen LogP contribution in [-0.4, -0.2) is 6.61 Å².